The van der Waals surface area contributed by atoms with E-state index < -0.39 is 5.97 Å². The average molecular weight is 259 g/mol. The Balaban J connectivity index is 2.54. The maximum atomic E-state index is 10.8. The number of rotatable bonds is 7. The van der Waals surface area contributed by atoms with Gasteiger partial charge in [-0.05, 0) is 18.9 Å². The normalized spacial score (nSPS) is 10.2. The second-order valence-corrected chi connectivity index (χ2v) is 3.83. The molecule has 6 heteroatoms. The minimum atomic E-state index is -1.06. The summed E-state index contributed by atoms with van der Waals surface area (Å²) in [5.41, 5.74) is 0.0565. The van der Waals surface area contributed by atoms with Gasteiger partial charge in [-0.25, -0.2) is 9.78 Å². The third kappa shape index (κ3) is 4.20. The molecule has 0 unspecified atom stereocenters. The highest BCUT2D eigenvalue weighted by atomic mass is 35.5. The second kappa shape index (κ2) is 7.09. The molecule has 17 heavy (non-hydrogen) atoms. The van der Waals surface area contributed by atoms with Gasteiger partial charge in [0.1, 0.15) is 5.82 Å². The molecule has 5 nitrogen and oxygen atoms in total. The molecule has 0 atom stereocenters. The molecule has 0 saturated heterocycles. The van der Waals surface area contributed by atoms with E-state index in [0.29, 0.717) is 19.0 Å². The smallest absolute Gasteiger partial charge is 0.337 e. The van der Waals surface area contributed by atoms with Crippen LogP contribution >= 0.6 is 11.6 Å². The van der Waals surface area contributed by atoms with Crippen LogP contribution < -0.4 is 5.32 Å². The van der Waals surface area contributed by atoms with Crippen LogP contribution in [0.1, 0.15) is 23.2 Å². The highest BCUT2D eigenvalue weighted by Crippen LogP contribution is 2.23. The predicted molar refractivity (Wildman–Crippen MR) is 65.8 cm³/mol. The van der Waals surface area contributed by atoms with Crippen molar-refractivity contribution < 1.29 is 14.6 Å². The van der Waals surface area contributed by atoms with Crippen LogP contribution in [0.15, 0.2) is 12.3 Å². The standard InChI is InChI=1S/C11H15ClN2O3/c1-17-7-3-2-5-13-10-9(12)8(11(15)16)4-6-14-10/h4,6H,2-3,5,7H2,1H3,(H,13,14)(H,15,16). The topological polar surface area (TPSA) is 71.5 Å². The fourth-order valence-corrected chi connectivity index (χ4v) is 1.57. The molecule has 0 aliphatic heterocycles. The van der Waals surface area contributed by atoms with E-state index in [0.717, 1.165) is 12.8 Å². The van der Waals surface area contributed by atoms with Crippen molar-refractivity contribution in [1.29, 1.82) is 0 Å². The molecule has 0 aromatic carbocycles. The number of methoxy groups -OCH3 is 1. The van der Waals surface area contributed by atoms with E-state index >= 15 is 0 Å². The van der Waals surface area contributed by atoms with Gasteiger partial charge in [-0.3, -0.25) is 0 Å². The van der Waals surface area contributed by atoms with Gasteiger partial charge in [0.15, 0.2) is 0 Å². The van der Waals surface area contributed by atoms with Crippen molar-refractivity contribution in [2.75, 3.05) is 25.6 Å². The van der Waals surface area contributed by atoms with Crippen LogP contribution in [0, 0.1) is 0 Å². The lowest BCUT2D eigenvalue weighted by Crippen LogP contribution is -2.07. The highest BCUT2D eigenvalue weighted by Gasteiger charge is 2.12. The lowest BCUT2D eigenvalue weighted by molar-refractivity contribution is 0.0697. The molecule has 0 amide bonds. The molecule has 0 radical (unpaired) electrons. The Morgan fingerprint density at radius 1 is 1.59 bits per heavy atom. The number of carboxylic acid groups (broad SMARTS) is 1. The molecule has 2 N–H and O–H groups in total. The number of carboxylic acids is 1. The highest BCUT2D eigenvalue weighted by molar-refractivity contribution is 6.35. The first-order valence-corrected chi connectivity index (χ1v) is 5.65. The number of anilines is 1. The van der Waals surface area contributed by atoms with Crippen LogP contribution in [0.4, 0.5) is 5.82 Å². The zero-order chi connectivity index (χ0) is 12.7. The molecule has 0 fully saturated rings. The Morgan fingerprint density at radius 2 is 2.35 bits per heavy atom. The lowest BCUT2D eigenvalue weighted by Gasteiger charge is -2.08. The van der Waals surface area contributed by atoms with E-state index in [2.05, 4.69) is 10.3 Å². The molecule has 0 saturated carbocycles. The van der Waals surface area contributed by atoms with Crippen LogP contribution in [0.3, 0.4) is 0 Å². The minimum Gasteiger partial charge on any atom is -0.478 e. The number of hydrogen-bond acceptors (Lipinski definition) is 4. The number of halogens is 1. The van der Waals surface area contributed by atoms with Gasteiger partial charge in [-0.15, -0.1) is 0 Å². The largest absolute Gasteiger partial charge is 0.478 e. The third-order valence-electron chi connectivity index (χ3n) is 2.19. The summed E-state index contributed by atoms with van der Waals surface area (Å²) in [4.78, 5) is 14.8. The fourth-order valence-electron chi connectivity index (χ4n) is 1.31. The molecule has 0 aliphatic rings. The van der Waals surface area contributed by atoms with E-state index in [9.17, 15) is 4.79 Å². The first-order chi connectivity index (χ1) is 8.16. The summed E-state index contributed by atoms with van der Waals surface area (Å²) in [6.07, 6.45) is 3.26. The number of carbonyl (C=O) groups is 1. The van der Waals surface area contributed by atoms with Gasteiger partial charge in [0.2, 0.25) is 0 Å². The molecule has 0 spiro atoms. The number of nitrogens with one attached hydrogen (secondary N) is 1. The number of hydrogen-bond donors (Lipinski definition) is 2. The number of ether oxygens (including phenoxy) is 1. The van der Waals surface area contributed by atoms with Crippen LogP contribution in [0.25, 0.3) is 0 Å². The van der Waals surface area contributed by atoms with E-state index in [1.165, 1.54) is 12.3 Å². The van der Waals surface area contributed by atoms with Crippen molar-refractivity contribution in [3.8, 4) is 0 Å². The first-order valence-electron chi connectivity index (χ1n) is 5.27. The number of aromatic nitrogens is 1. The van der Waals surface area contributed by atoms with E-state index in [-0.39, 0.29) is 10.6 Å². The van der Waals surface area contributed by atoms with E-state index in [4.69, 9.17) is 21.4 Å². The summed E-state index contributed by atoms with van der Waals surface area (Å²) in [5.74, 6) is -0.649. The Labute approximate surface area is 105 Å². The Hall–Kier alpha value is -1.33. The van der Waals surface area contributed by atoms with Gasteiger partial charge in [0.25, 0.3) is 0 Å². The average Bonchev–Trinajstić information content (AvgIpc) is 2.30. The summed E-state index contributed by atoms with van der Waals surface area (Å²) >= 11 is 5.91. The molecule has 1 aromatic heterocycles. The SMILES string of the molecule is COCCCCNc1nccc(C(=O)O)c1Cl. The summed E-state index contributed by atoms with van der Waals surface area (Å²) < 4.78 is 4.92. The van der Waals surface area contributed by atoms with Crippen molar-refractivity contribution in [3.05, 3.63) is 22.8 Å². The van der Waals surface area contributed by atoms with Crippen LogP contribution in [0.2, 0.25) is 5.02 Å². The monoisotopic (exact) mass is 258 g/mol. The Bertz CT molecular complexity index is 385. The van der Waals surface area contributed by atoms with Crippen molar-refractivity contribution >= 4 is 23.4 Å². The van der Waals surface area contributed by atoms with E-state index in [1.807, 2.05) is 0 Å². The maximum Gasteiger partial charge on any atom is 0.337 e. The van der Waals surface area contributed by atoms with Crippen LogP contribution in [-0.4, -0.2) is 36.3 Å². The van der Waals surface area contributed by atoms with Crippen molar-refractivity contribution in [2.45, 2.75) is 12.8 Å². The molecule has 0 aliphatic carbocycles. The first kappa shape index (κ1) is 13.7. The summed E-state index contributed by atoms with van der Waals surface area (Å²) in [6.45, 7) is 1.39. The van der Waals surface area contributed by atoms with Crippen LogP contribution in [0.5, 0.6) is 0 Å². The van der Waals surface area contributed by atoms with E-state index in [1.54, 1.807) is 7.11 Å². The third-order valence-corrected chi connectivity index (χ3v) is 2.57. The molecule has 1 rings (SSSR count). The minimum absolute atomic E-state index is 0.0565. The number of aromatic carboxylic acids is 1. The molecular formula is C11H15ClN2O3. The molecule has 1 aromatic rings. The zero-order valence-electron chi connectivity index (χ0n) is 9.57. The van der Waals surface area contributed by atoms with Gasteiger partial charge in [-0.1, -0.05) is 11.6 Å². The van der Waals surface area contributed by atoms with Gasteiger partial charge in [0.05, 0.1) is 10.6 Å². The van der Waals surface area contributed by atoms with Gasteiger partial charge in [0, 0.05) is 26.5 Å². The van der Waals surface area contributed by atoms with Gasteiger partial charge >= 0.3 is 5.97 Å². The Kier molecular flexibility index (Phi) is 5.72. The van der Waals surface area contributed by atoms with Crippen molar-refractivity contribution in [2.24, 2.45) is 0 Å². The summed E-state index contributed by atoms with van der Waals surface area (Å²) in [5, 5.41) is 12.0. The lowest BCUT2D eigenvalue weighted by atomic mass is 10.2. The Morgan fingerprint density at radius 3 is 3.00 bits per heavy atom. The zero-order valence-corrected chi connectivity index (χ0v) is 10.3. The summed E-state index contributed by atoms with van der Waals surface area (Å²) in [7, 11) is 1.65. The quantitative estimate of drug-likeness (QED) is 0.734. The van der Waals surface area contributed by atoms with Crippen molar-refractivity contribution in [3.63, 3.8) is 0 Å². The number of nitrogens with zero attached hydrogens (tertiary/aromatic N) is 1. The number of pyridine rings is 1. The molecule has 94 valence electrons. The number of unbranched alkanes of at least 4 members (excludes halogenated alkanes) is 1. The van der Waals surface area contributed by atoms with Crippen LogP contribution in [-0.2, 0) is 4.74 Å². The fraction of sp³-hybridized carbons (Fsp3) is 0.455. The summed E-state index contributed by atoms with van der Waals surface area (Å²) in [6, 6.07) is 1.38. The molecular weight excluding hydrogens is 244 g/mol. The second-order valence-electron chi connectivity index (χ2n) is 3.45. The molecule has 0 bridgehead atoms. The van der Waals surface area contributed by atoms with Gasteiger partial charge in [-0.2, -0.15) is 0 Å². The maximum absolute atomic E-state index is 10.8. The van der Waals surface area contributed by atoms with Gasteiger partial charge < -0.3 is 15.2 Å². The predicted octanol–water partition coefficient (Wildman–Crippen LogP) is 2.27. The van der Waals surface area contributed by atoms with Crippen molar-refractivity contribution in [1.82, 2.24) is 4.98 Å². The molecule has 1 heterocycles.